The molecule has 0 heterocycles. The molecule has 1 aliphatic carbocycles. The molecule has 0 radical (unpaired) electrons. The topological polar surface area (TPSA) is 76.7 Å². The van der Waals surface area contributed by atoms with Gasteiger partial charge in [0, 0.05) is 12.1 Å². The summed E-state index contributed by atoms with van der Waals surface area (Å²) in [5.41, 5.74) is 0. The van der Waals surface area contributed by atoms with Crippen molar-refractivity contribution < 1.29 is 19.1 Å². The van der Waals surface area contributed by atoms with Gasteiger partial charge in [0.05, 0.1) is 10.0 Å². The van der Waals surface area contributed by atoms with Gasteiger partial charge in [0.1, 0.15) is 11.5 Å². The Bertz CT molecular complexity index is 806. The first-order valence-electron chi connectivity index (χ1n) is 9.86. The van der Waals surface area contributed by atoms with Crippen LogP contribution in [0.15, 0.2) is 48.5 Å². The molecular weight excluding hydrogens is 427 g/mol. The lowest BCUT2D eigenvalue weighted by molar-refractivity contribution is -0.127. The Kier molecular flexibility index (Phi) is 8.22. The standard InChI is InChI=1S/C22H24Cl2N2O4/c23-15-7-1-5-11-19(15)29-13-21(27)25-17-9-3-4-10-18(17)26-22(28)14-30-20-12-6-2-8-16(20)24/h1-2,5-8,11-12,17-18H,3-4,9-10,13-14H2,(H,25,27)(H,26,28)/t17-,18+. The van der Waals surface area contributed by atoms with Crippen LogP contribution < -0.4 is 20.1 Å². The van der Waals surface area contributed by atoms with Crippen LogP contribution in [0.25, 0.3) is 0 Å². The number of hydrogen-bond acceptors (Lipinski definition) is 4. The molecular formula is C22H24Cl2N2O4. The van der Waals surface area contributed by atoms with Crippen molar-refractivity contribution in [3.63, 3.8) is 0 Å². The third-order valence-corrected chi connectivity index (χ3v) is 5.47. The smallest absolute Gasteiger partial charge is 0.258 e. The van der Waals surface area contributed by atoms with Crippen LogP contribution >= 0.6 is 23.2 Å². The molecule has 8 heteroatoms. The van der Waals surface area contributed by atoms with Crippen LogP contribution in [0.1, 0.15) is 25.7 Å². The van der Waals surface area contributed by atoms with Crippen LogP contribution in [0.3, 0.4) is 0 Å². The van der Waals surface area contributed by atoms with Crippen molar-refractivity contribution in [1.29, 1.82) is 0 Å². The molecule has 160 valence electrons. The number of halogens is 2. The van der Waals surface area contributed by atoms with E-state index in [0.29, 0.717) is 21.5 Å². The fourth-order valence-corrected chi connectivity index (χ4v) is 3.76. The molecule has 0 spiro atoms. The van der Waals surface area contributed by atoms with Gasteiger partial charge < -0.3 is 20.1 Å². The number of carbonyl (C=O) groups is 2. The molecule has 2 atom stereocenters. The zero-order valence-electron chi connectivity index (χ0n) is 16.4. The second-order valence-corrected chi connectivity index (χ2v) is 7.89. The number of ether oxygens (including phenoxy) is 2. The molecule has 0 unspecified atom stereocenters. The van der Waals surface area contributed by atoms with Crippen molar-refractivity contribution >= 4 is 35.0 Å². The van der Waals surface area contributed by atoms with Crippen LogP contribution in [0.4, 0.5) is 0 Å². The van der Waals surface area contributed by atoms with E-state index < -0.39 is 0 Å². The number of carbonyl (C=O) groups excluding carboxylic acids is 2. The van der Waals surface area contributed by atoms with Crippen molar-refractivity contribution in [3.05, 3.63) is 58.6 Å². The van der Waals surface area contributed by atoms with Crippen LogP contribution in [0.2, 0.25) is 10.0 Å². The van der Waals surface area contributed by atoms with Gasteiger partial charge in [-0.15, -0.1) is 0 Å². The number of hydrogen-bond donors (Lipinski definition) is 2. The quantitative estimate of drug-likeness (QED) is 0.637. The van der Waals surface area contributed by atoms with Gasteiger partial charge in [-0.25, -0.2) is 0 Å². The average Bonchev–Trinajstić information content (AvgIpc) is 2.74. The molecule has 1 aliphatic rings. The molecule has 0 aromatic heterocycles. The Morgan fingerprint density at radius 1 is 0.767 bits per heavy atom. The first kappa shape index (κ1) is 22.2. The van der Waals surface area contributed by atoms with Crippen LogP contribution in [-0.2, 0) is 9.59 Å². The lowest BCUT2D eigenvalue weighted by atomic mass is 9.90. The van der Waals surface area contributed by atoms with E-state index in [1.807, 2.05) is 0 Å². The summed E-state index contributed by atoms with van der Waals surface area (Å²) in [6, 6.07) is 13.7. The highest BCUT2D eigenvalue weighted by molar-refractivity contribution is 6.32. The van der Waals surface area contributed by atoms with E-state index in [0.717, 1.165) is 25.7 Å². The lowest BCUT2D eigenvalue weighted by Gasteiger charge is -2.32. The molecule has 30 heavy (non-hydrogen) atoms. The molecule has 3 rings (SSSR count). The Hall–Kier alpha value is -2.44. The van der Waals surface area contributed by atoms with E-state index in [4.69, 9.17) is 32.7 Å². The fraction of sp³-hybridized carbons (Fsp3) is 0.364. The Morgan fingerprint density at radius 3 is 1.57 bits per heavy atom. The number of nitrogens with one attached hydrogen (secondary N) is 2. The van der Waals surface area contributed by atoms with Crippen molar-refractivity contribution in [2.45, 2.75) is 37.8 Å². The summed E-state index contributed by atoms with van der Waals surface area (Å²) in [6.45, 7) is -0.285. The average molecular weight is 451 g/mol. The number of rotatable bonds is 8. The number of benzene rings is 2. The predicted octanol–water partition coefficient (Wildman–Crippen LogP) is 3.99. The summed E-state index contributed by atoms with van der Waals surface area (Å²) in [7, 11) is 0. The number of para-hydroxylation sites is 2. The molecule has 1 saturated carbocycles. The van der Waals surface area contributed by atoms with Crippen molar-refractivity contribution in [2.75, 3.05) is 13.2 Å². The van der Waals surface area contributed by atoms with Gasteiger partial charge in [0.2, 0.25) is 0 Å². The minimum atomic E-state index is -0.256. The first-order valence-corrected chi connectivity index (χ1v) is 10.6. The summed E-state index contributed by atoms with van der Waals surface area (Å²) >= 11 is 12.1. The summed E-state index contributed by atoms with van der Waals surface area (Å²) in [5.74, 6) is 0.404. The Morgan fingerprint density at radius 2 is 1.17 bits per heavy atom. The molecule has 0 bridgehead atoms. The normalized spacial score (nSPS) is 18.3. The SMILES string of the molecule is O=C(COc1ccccc1Cl)N[C@H]1CCCC[C@H]1NC(=O)COc1ccccc1Cl. The molecule has 2 amide bonds. The largest absolute Gasteiger partial charge is 0.482 e. The highest BCUT2D eigenvalue weighted by Crippen LogP contribution is 2.24. The van der Waals surface area contributed by atoms with Gasteiger partial charge >= 0.3 is 0 Å². The van der Waals surface area contributed by atoms with Crippen LogP contribution in [-0.4, -0.2) is 37.1 Å². The van der Waals surface area contributed by atoms with Gasteiger partial charge in [-0.2, -0.15) is 0 Å². The van der Waals surface area contributed by atoms with Crippen LogP contribution in [0, 0.1) is 0 Å². The number of amides is 2. The van der Waals surface area contributed by atoms with Crippen LogP contribution in [0.5, 0.6) is 11.5 Å². The summed E-state index contributed by atoms with van der Waals surface area (Å²) in [6.07, 6.45) is 3.54. The second kappa shape index (κ2) is 11.1. The monoisotopic (exact) mass is 450 g/mol. The van der Waals surface area contributed by atoms with Gasteiger partial charge in [-0.05, 0) is 37.1 Å². The Balaban J connectivity index is 1.48. The third kappa shape index (κ3) is 6.54. The third-order valence-electron chi connectivity index (χ3n) is 4.85. The maximum absolute atomic E-state index is 12.3. The molecule has 2 N–H and O–H groups in total. The fourth-order valence-electron chi connectivity index (χ4n) is 3.38. The minimum Gasteiger partial charge on any atom is -0.482 e. The van der Waals surface area contributed by atoms with E-state index in [1.165, 1.54) is 0 Å². The maximum atomic E-state index is 12.3. The zero-order chi connectivity index (χ0) is 21.3. The maximum Gasteiger partial charge on any atom is 0.258 e. The van der Waals surface area contributed by atoms with Gasteiger partial charge in [0.25, 0.3) is 11.8 Å². The predicted molar refractivity (Wildman–Crippen MR) is 116 cm³/mol. The summed E-state index contributed by atoms with van der Waals surface area (Å²) < 4.78 is 11.0. The van der Waals surface area contributed by atoms with Crippen molar-refractivity contribution in [3.8, 4) is 11.5 Å². The molecule has 1 fully saturated rings. The van der Waals surface area contributed by atoms with Gasteiger partial charge in [-0.1, -0.05) is 60.3 Å². The van der Waals surface area contributed by atoms with E-state index in [2.05, 4.69) is 10.6 Å². The van der Waals surface area contributed by atoms with Crippen molar-refractivity contribution in [1.82, 2.24) is 10.6 Å². The Labute approximate surface area is 185 Å². The summed E-state index contributed by atoms with van der Waals surface area (Å²) in [5, 5.41) is 6.83. The molecule has 0 saturated heterocycles. The first-order chi connectivity index (χ1) is 14.5. The lowest BCUT2D eigenvalue weighted by Crippen LogP contribution is -2.54. The molecule has 6 nitrogen and oxygen atoms in total. The summed E-state index contributed by atoms with van der Waals surface area (Å²) in [4.78, 5) is 24.7. The molecule has 2 aromatic carbocycles. The van der Waals surface area contributed by atoms with E-state index in [9.17, 15) is 9.59 Å². The second-order valence-electron chi connectivity index (χ2n) is 7.07. The van der Waals surface area contributed by atoms with Gasteiger partial charge in [0.15, 0.2) is 13.2 Å². The minimum absolute atomic E-state index is 0.142. The zero-order valence-corrected chi connectivity index (χ0v) is 17.9. The highest BCUT2D eigenvalue weighted by Gasteiger charge is 2.28. The van der Waals surface area contributed by atoms with E-state index >= 15 is 0 Å². The van der Waals surface area contributed by atoms with E-state index in [1.54, 1.807) is 48.5 Å². The van der Waals surface area contributed by atoms with Crippen molar-refractivity contribution in [2.24, 2.45) is 0 Å². The van der Waals surface area contributed by atoms with Gasteiger partial charge in [-0.3, -0.25) is 9.59 Å². The van der Waals surface area contributed by atoms with E-state index in [-0.39, 0.29) is 37.1 Å². The molecule has 2 aromatic rings. The molecule has 0 aliphatic heterocycles. The highest BCUT2D eigenvalue weighted by atomic mass is 35.5.